The van der Waals surface area contributed by atoms with Crippen molar-refractivity contribution in [3.8, 4) is 0 Å². The smallest absolute Gasteiger partial charge is 0.313 e. The van der Waals surface area contributed by atoms with E-state index in [0.29, 0.717) is 13.0 Å². The largest absolute Gasteiger partial charge is 0.466 e. The van der Waals surface area contributed by atoms with Crippen LogP contribution in [0.5, 0.6) is 0 Å². The minimum absolute atomic E-state index is 0.208. The molecule has 1 heterocycles. The summed E-state index contributed by atoms with van der Waals surface area (Å²) < 4.78 is 10.4. The molecular weight excluding hydrogens is 228 g/mol. The number of ether oxygens (including phenoxy) is 1. The predicted molar refractivity (Wildman–Crippen MR) is 70.4 cm³/mol. The molecule has 2 aromatic rings. The van der Waals surface area contributed by atoms with Crippen LogP contribution in [0.15, 0.2) is 47.6 Å². The third kappa shape index (κ3) is 2.45. The summed E-state index contributed by atoms with van der Waals surface area (Å²) in [6.45, 7) is 5.89. The lowest BCUT2D eigenvalue weighted by atomic mass is 9.95. The molecule has 1 aromatic carbocycles. The fourth-order valence-electron chi connectivity index (χ4n) is 1.98. The summed E-state index contributed by atoms with van der Waals surface area (Å²) in [7, 11) is 0. The van der Waals surface area contributed by atoms with Gasteiger partial charge in [-0.05, 0) is 37.1 Å². The van der Waals surface area contributed by atoms with Crippen molar-refractivity contribution in [2.24, 2.45) is 0 Å². The van der Waals surface area contributed by atoms with E-state index in [-0.39, 0.29) is 11.9 Å². The SMILES string of the molecule is C=CCC(C(=O)OCC)c1ccc2occc2c1. The molecule has 0 saturated heterocycles. The summed E-state index contributed by atoms with van der Waals surface area (Å²) in [6.07, 6.45) is 3.95. The van der Waals surface area contributed by atoms with Gasteiger partial charge >= 0.3 is 5.97 Å². The molecule has 1 unspecified atom stereocenters. The molecule has 1 atom stereocenters. The van der Waals surface area contributed by atoms with Gasteiger partial charge in [-0.1, -0.05) is 12.1 Å². The van der Waals surface area contributed by atoms with Crippen molar-refractivity contribution in [1.82, 2.24) is 0 Å². The van der Waals surface area contributed by atoms with Crippen molar-refractivity contribution in [1.29, 1.82) is 0 Å². The Morgan fingerprint density at radius 2 is 2.33 bits per heavy atom. The summed E-state index contributed by atoms with van der Waals surface area (Å²) in [5.41, 5.74) is 1.75. The molecule has 0 spiro atoms. The first-order chi connectivity index (χ1) is 8.76. The van der Waals surface area contributed by atoms with Gasteiger partial charge in [0.25, 0.3) is 0 Å². The van der Waals surface area contributed by atoms with Crippen molar-refractivity contribution in [2.45, 2.75) is 19.3 Å². The molecule has 2 rings (SSSR count). The van der Waals surface area contributed by atoms with E-state index < -0.39 is 0 Å². The van der Waals surface area contributed by atoms with Gasteiger partial charge in [0.2, 0.25) is 0 Å². The molecule has 3 nitrogen and oxygen atoms in total. The molecule has 0 bridgehead atoms. The Morgan fingerprint density at radius 1 is 1.50 bits per heavy atom. The zero-order chi connectivity index (χ0) is 13.0. The molecule has 0 fully saturated rings. The summed E-state index contributed by atoms with van der Waals surface area (Å²) >= 11 is 0. The van der Waals surface area contributed by atoms with Gasteiger partial charge in [0.1, 0.15) is 5.58 Å². The van der Waals surface area contributed by atoms with Crippen molar-refractivity contribution in [3.05, 3.63) is 48.7 Å². The second-order valence-corrected chi connectivity index (χ2v) is 4.05. The average molecular weight is 244 g/mol. The molecule has 0 radical (unpaired) electrons. The zero-order valence-corrected chi connectivity index (χ0v) is 10.4. The highest BCUT2D eigenvalue weighted by atomic mass is 16.5. The van der Waals surface area contributed by atoms with Gasteiger partial charge in [-0.2, -0.15) is 0 Å². The molecule has 18 heavy (non-hydrogen) atoms. The molecule has 1 aromatic heterocycles. The molecule has 0 aliphatic carbocycles. The molecule has 0 aliphatic rings. The lowest BCUT2D eigenvalue weighted by Gasteiger charge is -2.14. The predicted octanol–water partition coefficient (Wildman–Crippen LogP) is 3.66. The van der Waals surface area contributed by atoms with Crippen LogP contribution < -0.4 is 0 Å². The second-order valence-electron chi connectivity index (χ2n) is 4.05. The first-order valence-corrected chi connectivity index (χ1v) is 6.01. The van der Waals surface area contributed by atoms with E-state index in [1.165, 1.54) is 0 Å². The van der Waals surface area contributed by atoms with E-state index in [1.54, 1.807) is 12.3 Å². The van der Waals surface area contributed by atoms with E-state index in [2.05, 4.69) is 6.58 Å². The number of carbonyl (C=O) groups is 1. The maximum Gasteiger partial charge on any atom is 0.313 e. The second kappa shape index (κ2) is 5.54. The van der Waals surface area contributed by atoms with E-state index >= 15 is 0 Å². The van der Waals surface area contributed by atoms with Crippen LogP contribution in [0.1, 0.15) is 24.8 Å². The fraction of sp³-hybridized carbons (Fsp3) is 0.267. The quantitative estimate of drug-likeness (QED) is 0.595. The summed E-state index contributed by atoms with van der Waals surface area (Å²) in [5.74, 6) is -0.498. The van der Waals surface area contributed by atoms with Crippen molar-refractivity contribution < 1.29 is 13.9 Å². The lowest BCUT2D eigenvalue weighted by molar-refractivity contribution is -0.144. The van der Waals surface area contributed by atoms with Crippen LogP contribution in [0.25, 0.3) is 11.0 Å². The molecule has 0 saturated carbocycles. The van der Waals surface area contributed by atoms with Crippen LogP contribution in [0.2, 0.25) is 0 Å². The minimum atomic E-state index is -0.290. The standard InChI is InChI=1S/C15H16O3/c1-3-5-13(15(16)17-4-2)11-6-7-14-12(10-11)8-9-18-14/h3,6-10,13H,1,4-5H2,2H3. The topological polar surface area (TPSA) is 39.4 Å². The Morgan fingerprint density at radius 3 is 3.06 bits per heavy atom. The Kier molecular flexibility index (Phi) is 3.82. The van der Waals surface area contributed by atoms with Crippen LogP contribution in [-0.2, 0) is 9.53 Å². The Balaban J connectivity index is 2.33. The van der Waals surface area contributed by atoms with E-state index in [9.17, 15) is 4.79 Å². The van der Waals surface area contributed by atoms with Crippen molar-refractivity contribution >= 4 is 16.9 Å². The third-order valence-corrected chi connectivity index (χ3v) is 2.85. The maximum absolute atomic E-state index is 11.9. The molecule has 0 aliphatic heterocycles. The van der Waals surface area contributed by atoms with Gasteiger partial charge in [0, 0.05) is 5.39 Å². The summed E-state index contributed by atoms with van der Waals surface area (Å²) in [4.78, 5) is 11.9. The van der Waals surface area contributed by atoms with E-state index in [4.69, 9.17) is 9.15 Å². The number of hydrogen-bond donors (Lipinski definition) is 0. The fourth-order valence-corrected chi connectivity index (χ4v) is 1.98. The van der Waals surface area contributed by atoms with E-state index in [1.807, 2.05) is 31.2 Å². The number of hydrogen-bond acceptors (Lipinski definition) is 3. The Hall–Kier alpha value is -2.03. The van der Waals surface area contributed by atoms with Crippen LogP contribution in [0, 0.1) is 0 Å². The van der Waals surface area contributed by atoms with Crippen LogP contribution in [0.3, 0.4) is 0 Å². The van der Waals surface area contributed by atoms with Gasteiger partial charge in [-0.3, -0.25) is 4.79 Å². The molecule has 0 amide bonds. The van der Waals surface area contributed by atoms with Crippen LogP contribution in [0.4, 0.5) is 0 Å². The first-order valence-electron chi connectivity index (χ1n) is 6.01. The number of esters is 1. The molecule has 94 valence electrons. The normalized spacial score (nSPS) is 12.3. The Labute approximate surface area is 106 Å². The van der Waals surface area contributed by atoms with Gasteiger partial charge in [0.05, 0.1) is 18.8 Å². The van der Waals surface area contributed by atoms with Crippen molar-refractivity contribution in [2.75, 3.05) is 6.61 Å². The highest BCUT2D eigenvalue weighted by Crippen LogP contribution is 2.26. The number of fused-ring (bicyclic) bond motifs is 1. The molecule has 0 N–H and O–H groups in total. The highest BCUT2D eigenvalue weighted by molar-refractivity contribution is 5.83. The van der Waals surface area contributed by atoms with Crippen molar-refractivity contribution in [3.63, 3.8) is 0 Å². The third-order valence-electron chi connectivity index (χ3n) is 2.85. The van der Waals surface area contributed by atoms with Gasteiger partial charge in [-0.25, -0.2) is 0 Å². The number of rotatable bonds is 5. The number of carbonyl (C=O) groups excluding carboxylic acids is 1. The maximum atomic E-state index is 11.9. The van der Waals surface area contributed by atoms with Crippen LogP contribution in [-0.4, -0.2) is 12.6 Å². The van der Waals surface area contributed by atoms with Gasteiger partial charge < -0.3 is 9.15 Å². The van der Waals surface area contributed by atoms with Crippen LogP contribution >= 0.6 is 0 Å². The van der Waals surface area contributed by atoms with E-state index in [0.717, 1.165) is 16.5 Å². The molecular formula is C15H16O3. The summed E-state index contributed by atoms with van der Waals surface area (Å²) in [5, 5.41) is 0.992. The number of benzene rings is 1. The summed E-state index contributed by atoms with van der Waals surface area (Å²) in [6, 6.07) is 7.62. The molecule has 3 heteroatoms. The highest BCUT2D eigenvalue weighted by Gasteiger charge is 2.20. The number of furan rings is 1. The van der Waals surface area contributed by atoms with Gasteiger partial charge in [-0.15, -0.1) is 6.58 Å². The number of allylic oxidation sites excluding steroid dienone is 1. The average Bonchev–Trinajstić information content (AvgIpc) is 2.83. The Bertz CT molecular complexity index is 554. The minimum Gasteiger partial charge on any atom is -0.466 e. The lowest BCUT2D eigenvalue weighted by Crippen LogP contribution is -2.15. The zero-order valence-electron chi connectivity index (χ0n) is 10.4. The monoisotopic (exact) mass is 244 g/mol. The van der Waals surface area contributed by atoms with Gasteiger partial charge in [0.15, 0.2) is 0 Å². The first kappa shape index (κ1) is 12.4.